The van der Waals surface area contributed by atoms with E-state index in [9.17, 15) is 0 Å². The molecule has 0 saturated carbocycles. The Bertz CT molecular complexity index is 699. The van der Waals surface area contributed by atoms with E-state index in [0.717, 1.165) is 43.0 Å². The summed E-state index contributed by atoms with van der Waals surface area (Å²) < 4.78 is 0. The van der Waals surface area contributed by atoms with Gasteiger partial charge in [-0.2, -0.15) is 0 Å². The molecule has 6 heteroatoms. The lowest BCUT2D eigenvalue weighted by Crippen LogP contribution is -2.29. The van der Waals surface area contributed by atoms with Crippen molar-refractivity contribution in [3.05, 3.63) is 33.7 Å². The molecule has 0 radical (unpaired) electrons. The van der Waals surface area contributed by atoms with Crippen molar-refractivity contribution in [1.82, 2.24) is 19.9 Å². The molecule has 0 aromatic carbocycles. The van der Waals surface area contributed by atoms with Gasteiger partial charge in [0.2, 0.25) is 0 Å². The van der Waals surface area contributed by atoms with E-state index in [2.05, 4.69) is 45.5 Å². The third-order valence-electron chi connectivity index (χ3n) is 5.22. The minimum atomic E-state index is 0.763. The Labute approximate surface area is 141 Å². The van der Waals surface area contributed by atoms with Crippen LogP contribution in [0.5, 0.6) is 0 Å². The lowest BCUT2D eigenvalue weighted by Gasteiger charge is -2.23. The lowest BCUT2D eigenvalue weighted by atomic mass is 10.0. The molecule has 4 rings (SSSR count). The number of anilines is 1. The van der Waals surface area contributed by atoms with Crippen LogP contribution in [0.3, 0.4) is 0 Å². The van der Waals surface area contributed by atoms with Gasteiger partial charge in [-0.05, 0) is 32.6 Å². The second kappa shape index (κ2) is 5.83. The van der Waals surface area contributed by atoms with Crippen molar-refractivity contribution < 1.29 is 0 Å². The van der Waals surface area contributed by atoms with Crippen molar-refractivity contribution in [3.8, 4) is 0 Å². The van der Waals surface area contributed by atoms with Crippen molar-refractivity contribution in [2.24, 2.45) is 11.8 Å². The SMILES string of the molecule is Cc1ncc(CN2CC3CN(c4ncnc(C)c4C)CC3C2)s1. The van der Waals surface area contributed by atoms with E-state index in [4.69, 9.17) is 0 Å². The second-order valence-electron chi connectivity index (χ2n) is 6.87. The largest absolute Gasteiger partial charge is 0.356 e. The Kier molecular flexibility index (Phi) is 3.81. The molecule has 122 valence electrons. The van der Waals surface area contributed by atoms with E-state index in [1.165, 1.54) is 28.5 Å². The number of thiazole rings is 1. The minimum Gasteiger partial charge on any atom is -0.356 e. The maximum absolute atomic E-state index is 4.53. The first-order valence-electron chi connectivity index (χ1n) is 8.27. The molecule has 2 aliphatic rings. The highest BCUT2D eigenvalue weighted by Gasteiger charge is 2.40. The molecule has 0 bridgehead atoms. The average Bonchev–Trinajstić information content (AvgIpc) is 3.17. The Balaban J connectivity index is 1.41. The van der Waals surface area contributed by atoms with Crippen LogP contribution in [0.1, 0.15) is 21.1 Å². The van der Waals surface area contributed by atoms with Gasteiger partial charge in [-0.1, -0.05) is 0 Å². The Morgan fingerprint density at radius 1 is 1.04 bits per heavy atom. The van der Waals surface area contributed by atoms with Gasteiger partial charge in [0.05, 0.1) is 5.01 Å². The zero-order valence-electron chi connectivity index (χ0n) is 14.0. The Morgan fingerprint density at radius 2 is 1.78 bits per heavy atom. The topological polar surface area (TPSA) is 45.2 Å². The van der Waals surface area contributed by atoms with Gasteiger partial charge < -0.3 is 4.90 Å². The summed E-state index contributed by atoms with van der Waals surface area (Å²) in [7, 11) is 0. The summed E-state index contributed by atoms with van der Waals surface area (Å²) in [6.07, 6.45) is 3.73. The summed E-state index contributed by atoms with van der Waals surface area (Å²) >= 11 is 1.82. The molecule has 2 saturated heterocycles. The van der Waals surface area contributed by atoms with Crippen LogP contribution in [0, 0.1) is 32.6 Å². The molecule has 23 heavy (non-hydrogen) atoms. The summed E-state index contributed by atoms with van der Waals surface area (Å²) in [6.45, 7) is 12.0. The molecule has 2 unspecified atom stereocenters. The maximum Gasteiger partial charge on any atom is 0.135 e. The van der Waals surface area contributed by atoms with Crippen LogP contribution in [0.2, 0.25) is 0 Å². The smallest absolute Gasteiger partial charge is 0.135 e. The minimum absolute atomic E-state index is 0.763. The monoisotopic (exact) mass is 329 g/mol. The molecule has 5 nitrogen and oxygen atoms in total. The Hall–Kier alpha value is -1.53. The van der Waals surface area contributed by atoms with Crippen molar-refractivity contribution in [2.45, 2.75) is 27.3 Å². The van der Waals surface area contributed by atoms with Crippen molar-refractivity contribution >= 4 is 17.2 Å². The third-order valence-corrected chi connectivity index (χ3v) is 6.12. The number of nitrogens with zero attached hydrogens (tertiary/aromatic N) is 5. The fourth-order valence-corrected chi connectivity index (χ4v) is 4.77. The van der Waals surface area contributed by atoms with Gasteiger partial charge in [-0.25, -0.2) is 15.0 Å². The van der Waals surface area contributed by atoms with Crippen LogP contribution in [-0.2, 0) is 6.54 Å². The van der Waals surface area contributed by atoms with Crippen LogP contribution in [0.4, 0.5) is 5.82 Å². The van der Waals surface area contributed by atoms with E-state index in [0.29, 0.717) is 0 Å². The van der Waals surface area contributed by atoms with Crippen molar-refractivity contribution in [1.29, 1.82) is 0 Å². The molecule has 0 aliphatic carbocycles. The molecule has 0 spiro atoms. The molecule has 2 atom stereocenters. The fraction of sp³-hybridized carbons (Fsp3) is 0.588. The number of aryl methyl sites for hydroxylation is 2. The van der Waals surface area contributed by atoms with E-state index < -0.39 is 0 Å². The van der Waals surface area contributed by atoms with Crippen molar-refractivity contribution in [2.75, 3.05) is 31.1 Å². The molecular formula is C17H23N5S. The number of hydrogen-bond acceptors (Lipinski definition) is 6. The highest BCUT2D eigenvalue weighted by atomic mass is 32.1. The summed E-state index contributed by atoms with van der Waals surface area (Å²) in [5.74, 6) is 2.66. The van der Waals surface area contributed by atoms with Gasteiger partial charge >= 0.3 is 0 Å². The molecule has 2 aliphatic heterocycles. The van der Waals surface area contributed by atoms with Gasteiger partial charge in [0.15, 0.2) is 0 Å². The Morgan fingerprint density at radius 3 is 2.43 bits per heavy atom. The number of hydrogen-bond donors (Lipinski definition) is 0. The maximum atomic E-state index is 4.53. The zero-order valence-corrected chi connectivity index (χ0v) is 14.8. The number of rotatable bonds is 3. The summed E-state index contributed by atoms with van der Waals surface area (Å²) in [5.41, 5.74) is 2.32. The van der Waals surface area contributed by atoms with Gasteiger partial charge in [-0.3, -0.25) is 4.90 Å². The summed E-state index contributed by atoms with van der Waals surface area (Å²) in [6, 6.07) is 0. The first-order valence-corrected chi connectivity index (χ1v) is 9.08. The average molecular weight is 329 g/mol. The highest BCUT2D eigenvalue weighted by molar-refractivity contribution is 7.11. The lowest BCUT2D eigenvalue weighted by molar-refractivity contribution is 0.311. The van der Waals surface area contributed by atoms with Crippen LogP contribution in [0.15, 0.2) is 12.5 Å². The summed E-state index contributed by atoms with van der Waals surface area (Å²) in [4.78, 5) is 19.6. The quantitative estimate of drug-likeness (QED) is 0.865. The van der Waals surface area contributed by atoms with E-state index in [1.54, 1.807) is 6.33 Å². The number of fused-ring (bicyclic) bond motifs is 1. The molecular weight excluding hydrogens is 306 g/mol. The number of aromatic nitrogens is 3. The molecule has 4 heterocycles. The van der Waals surface area contributed by atoms with Crippen LogP contribution in [-0.4, -0.2) is 46.0 Å². The third kappa shape index (κ3) is 2.85. The predicted octanol–water partition coefficient (Wildman–Crippen LogP) is 2.43. The first kappa shape index (κ1) is 15.0. The van der Waals surface area contributed by atoms with Gasteiger partial charge in [0.1, 0.15) is 12.1 Å². The first-order chi connectivity index (χ1) is 11.1. The normalized spacial score (nSPS) is 24.4. The molecule has 0 N–H and O–H groups in total. The van der Waals surface area contributed by atoms with Gasteiger partial charge in [-0.15, -0.1) is 11.3 Å². The van der Waals surface area contributed by atoms with Crippen LogP contribution in [0.25, 0.3) is 0 Å². The fourth-order valence-electron chi connectivity index (χ4n) is 3.94. The van der Waals surface area contributed by atoms with E-state index in [-0.39, 0.29) is 0 Å². The number of likely N-dealkylation sites (tertiary alicyclic amines) is 1. The molecule has 0 amide bonds. The zero-order chi connectivity index (χ0) is 16.0. The van der Waals surface area contributed by atoms with Gasteiger partial charge in [0, 0.05) is 55.1 Å². The standard InChI is InChI=1S/C17H23N5S/c1-11-12(2)19-10-20-17(11)22-7-14-5-21(6-15(14)8-22)9-16-4-18-13(3)23-16/h4,10,14-15H,5-9H2,1-3H3. The van der Waals surface area contributed by atoms with Crippen LogP contribution >= 0.6 is 11.3 Å². The summed E-state index contributed by atoms with van der Waals surface area (Å²) in [5, 5.41) is 1.17. The predicted molar refractivity (Wildman–Crippen MR) is 92.8 cm³/mol. The van der Waals surface area contributed by atoms with Crippen molar-refractivity contribution in [3.63, 3.8) is 0 Å². The second-order valence-corrected chi connectivity index (χ2v) is 8.19. The molecule has 2 fully saturated rings. The van der Waals surface area contributed by atoms with Crippen LogP contribution < -0.4 is 4.90 Å². The van der Waals surface area contributed by atoms with Gasteiger partial charge in [0.25, 0.3) is 0 Å². The van der Waals surface area contributed by atoms with E-state index in [1.807, 2.05) is 17.5 Å². The molecule has 2 aromatic heterocycles. The molecule has 2 aromatic rings. The van der Waals surface area contributed by atoms with E-state index >= 15 is 0 Å². The highest BCUT2D eigenvalue weighted by Crippen LogP contribution is 2.35.